The summed E-state index contributed by atoms with van der Waals surface area (Å²) < 4.78 is 0. The Morgan fingerprint density at radius 2 is 2.10 bits per heavy atom. The Morgan fingerprint density at radius 1 is 1.29 bits per heavy atom. The molecule has 21 heavy (non-hydrogen) atoms. The maximum absolute atomic E-state index is 11.5. The maximum atomic E-state index is 11.5. The van der Waals surface area contributed by atoms with E-state index in [1.165, 1.54) is 37.7 Å². The predicted octanol–water partition coefficient (Wildman–Crippen LogP) is 3.53. The maximum Gasteiger partial charge on any atom is 0.224 e. The van der Waals surface area contributed by atoms with E-state index in [-0.39, 0.29) is 5.91 Å². The number of hydrogen-bond acceptors (Lipinski definition) is 3. The number of amides is 1. The van der Waals surface area contributed by atoms with Gasteiger partial charge in [-0.15, -0.1) is 0 Å². The molecule has 2 aliphatic rings. The van der Waals surface area contributed by atoms with Crippen molar-refractivity contribution in [2.75, 3.05) is 16.4 Å². The molecule has 0 bridgehead atoms. The van der Waals surface area contributed by atoms with Gasteiger partial charge in [0, 0.05) is 18.2 Å². The van der Waals surface area contributed by atoms with Crippen molar-refractivity contribution in [1.29, 1.82) is 0 Å². The largest absolute Gasteiger partial charge is 0.397 e. The molecule has 2 atom stereocenters. The van der Waals surface area contributed by atoms with Gasteiger partial charge in [0.05, 0.1) is 11.4 Å². The van der Waals surface area contributed by atoms with Crippen LogP contribution in [0.15, 0.2) is 12.1 Å². The van der Waals surface area contributed by atoms with Gasteiger partial charge in [-0.05, 0) is 42.9 Å². The minimum absolute atomic E-state index is 0.0842. The molecule has 1 amide bonds. The molecule has 4 N–H and O–H groups in total. The van der Waals surface area contributed by atoms with Crippen molar-refractivity contribution in [1.82, 2.24) is 0 Å². The van der Waals surface area contributed by atoms with Crippen LogP contribution in [0.3, 0.4) is 0 Å². The third-order valence-electron chi connectivity index (χ3n) is 4.95. The molecule has 4 heteroatoms. The first-order valence-electron chi connectivity index (χ1n) is 8.16. The zero-order chi connectivity index (χ0) is 14.8. The van der Waals surface area contributed by atoms with Crippen LogP contribution in [0, 0.1) is 5.92 Å². The smallest absolute Gasteiger partial charge is 0.224 e. The molecule has 0 radical (unpaired) electrons. The third-order valence-corrected chi connectivity index (χ3v) is 4.95. The molecule has 2 unspecified atom stereocenters. The lowest BCUT2D eigenvalue weighted by Crippen LogP contribution is -2.32. The van der Waals surface area contributed by atoms with E-state index in [4.69, 9.17) is 5.73 Å². The number of fused-ring (bicyclic) bond motifs is 1. The predicted molar refractivity (Wildman–Crippen MR) is 87.5 cm³/mol. The van der Waals surface area contributed by atoms with Gasteiger partial charge in [0.2, 0.25) is 5.91 Å². The topological polar surface area (TPSA) is 67.2 Å². The molecule has 1 heterocycles. The number of anilines is 3. The fourth-order valence-corrected chi connectivity index (χ4v) is 3.66. The molecule has 1 aliphatic carbocycles. The van der Waals surface area contributed by atoms with Crippen molar-refractivity contribution in [2.24, 2.45) is 5.92 Å². The average molecular weight is 287 g/mol. The SMILES string of the molecule is CCC1CCCCC1Nc1cc2c(cc1N)NC(=O)CC2. The number of nitrogens with one attached hydrogen (secondary N) is 2. The number of rotatable bonds is 3. The highest BCUT2D eigenvalue weighted by Crippen LogP contribution is 2.34. The van der Waals surface area contributed by atoms with Crippen LogP contribution in [-0.2, 0) is 11.2 Å². The van der Waals surface area contributed by atoms with Crippen molar-refractivity contribution in [3.05, 3.63) is 17.7 Å². The van der Waals surface area contributed by atoms with Crippen LogP contribution in [0.5, 0.6) is 0 Å². The lowest BCUT2D eigenvalue weighted by molar-refractivity contribution is -0.116. The van der Waals surface area contributed by atoms with E-state index in [1.54, 1.807) is 0 Å². The Labute approximate surface area is 126 Å². The molecule has 0 saturated heterocycles. The lowest BCUT2D eigenvalue weighted by Gasteiger charge is -2.33. The molecular weight excluding hydrogens is 262 g/mol. The van der Waals surface area contributed by atoms with Crippen molar-refractivity contribution >= 4 is 23.0 Å². The van der Waals surface area contributed by atoms with Crippen molar-refractivity contribution in [3.63, 3.8) is 0 Å². The van der Waals surface area contributed by atoms with Gasteiger partial charge in [0.25, 0.3) is 0 Å². The summed E-state index contributed by atoms with van der Waals surface area (Å²) in [5, 5.41) is 6.58. The number of nitrogens with two attached hydrogens (primary N) is 1. The molecule has 0 spiro atoms. The second kappa shape index (κ2) is 5.96. The Bertz CT molecular complexity index is 541. The van der Waals surface area contributed by atoms with Crippen LogP contribution >= 0.6 is 0 Å². The molecule has 3 rings (SSSR count). The summed E-state index contributed by atoms with van der Waals surface area (Å²) in [7, 11) is 0. The quantitative estimate of drug-likeness (QED) is 0.745. The summed E-state index contributed by atoms with van der Waals surface area (Å²) in [5.41, 5.74) is 10.0. The van der Waals surface area contributed by atoms with Gasteiger partial charge in [-0.3, -0.25) is 4.79 Å². The van der Waals surface area contributed by atoms with Crippen LogP contribution in [-0.4, -0.2) is 11.9 Å². The first-order chi connectivity index (χ1) is 10.2. The van der Waals surface area contributed by atoms with E-state index in [9.17, 15) is 4.79 Å². The highest BCUT2D eigenvalue weighted by atomic mass is 16.1. The van der Waals surface area contributed by atoms with Crippen molar-refractivity contribution in [2.45, 2.75) is 57.9 Å². The number of carbonyl (C=O) groups is 1. The monoisotopic (exact) mass is 287 g/mol. The third kappa shape index (κ3) is 2.99. The Hall–Kier alpha value is -1.71. The summed E-state index contributed by atoms with van der Waals surface area (Å²) in [6.45, 7) is 2.27. The van der Waals surface area contributed by atoms with E-state index in [0.717, 1.165) is 29.4 Å². The molecule has 1 saturated carbocycles. The average Bonchev–Trinajstić information content (AvgIpc) is 2.49. The zero-order valence-electron chi connectivity index (χ0n) is 12.7. The van der Waals surface area contributed by atoms with Gasteiger partial charge in [-0.2, -0.15) is 0 Å². The Kier molecular flexibility index (Phi) is 4.04. The summed E-state index contributed by atoms with van der Waals surface area (Å²) in [4.78, 5) is 11.5. The van der Waals surface area contributed by atoms with Crippen molar-refractivity contribution in [3.8, 4) is 0 Å². The normalized spacial score (nSPS) is 25.1. The van der Waals surface area contributed by atoms with Crippen LogP contribution in [0.4, 0.5) is 17.1 Å². The first kappa shape index (κ1) is 14.2. The van der Waals surface area contributed by atoms with Crippen LogP contribution in [0.25, 0.3) is 0 Å². The van der Waals surface area contributed by atoms with Crippen LogP contribution in [0.1, 0.15) is 51.0 Å². The second-order valence-corrected chi connectivity index (χ2v) is 6.35. The molecule has 4 nitrogen and oxygen atoms in total. The molecular formula is C17H25N3O. The zero-order valence-corrected chi connectivity index (χ0v) is 12.7. The summed E-state index contributed by atoms with van der Waals surface area (Å²) in [5.74, 6) is 0.829. The van der Waals surface area contributed by atoms with Gasteiger partial charge in [-0.25, -0.2) is 0 Å². The molecule has 1 aromatic rings. The van der Waals surface area contributed by atoms with Gasteiger partial charge in [-0.1, -0.05) is 26.2 Å². The van der Waals surface area contributed by atoms with E-state index in [0.29, 0.717) is 12.5 Å². The van der Waals surface area contributed by atoms with Gasteiger partial charge in [0.15, 0.2) is 0 Å². The number of hydrogen-bond donors (Lipinski definition) is 3. The van der Waals surface area contributed by atoms with Crippen LogP contribution in [0.2, 0.25) is 0 Å². The molecule has 1 aromatic carbocycles. The van der Waals surface area contributed by atoms with E-state index in [2.05, 4.69) is 23.6 Å². The Morgan fingerprint density at radius 3 is 2.90 bits per heavy atom. The molecule has 114 valence electrons. The van der Waals surface area contributed by atoms with E-state index in [1.807, 2.05) is 6.07 Å². The number of nitrogen functional groups attached to an aromatic ring is 1. The van der Waals surface area contributed by atoms with Gasteiger partial charge >= 0.3 is 0 Å². The molecule has 1 fully saturated rings. The van der Waals surface area contributed by atoms with Crippen molar-refractivity contribution < 1.29 is 4.79 Å². The van der Waals surface area contributed by atoms with Crippen LogP contribution < -0.4 is 16.4 Å². The second-order valence-electron chi connectivity index (χ2n) is 6.35. The lowest BCUT2D eigenvalue weighted by atomic mass is 9.82. The first-order valence-corrected chi connectivity index (χ1v) is 8.16. The van der Waals surface area contributed by atoms with Gasteiger partial charge in [0.1, 0.15) is 0 Å². The summed E-state index contributed by atoms with van der Waals surface area (Å²) in [6.07, 6.45) is 7.78. The molecule has 0 aromatic heterocycles. The standard InChI is InChI=1S/C17H25N3O/c1-2-11-5-3-4-6-14(11)19-16-9-12-7-8-17(21)20-15(12)10-13(16)18/h9-11,14,19H,2-8,18H2,1H3,(H,20,21). The van der Waals surface area contributed by atoms with E-state index < -0.39 is 0 Å². The number of carbonyl (C=O) groups excluding carboxylic acids is 1. The summed E-state index contributed by atoms with van der Waals surface area (Å²) >= 11 is 0. The Balaban J connectivity index is 1.80. The fourth-order valence-electron chi connectivity index (χ4n) is 3.66. The minimum atomic E-state index is 0.0842. The minimum Gasteiger partial charge on any atom is -0.397 e. The number of aryl methyl sites for hydroxylation is 1. The highest BCUT2D eigenvalue weighted by molar-refractivity contribution is 5.95. The highest BCUT2D eigenvalue weighted by Gasteiger charge is 2.24. The summed E-state index contributed by atoms with van der Waals surface area (Å²) in [6, 6.07) is 4.56. The van der Waals surface area contributed by atoms with Gasteiger partial charge < -0.3 is 16.4 Å². The molecule has 1 aliphatic heterocycles. The fraction of sp³-hybridized carbons (Fsp3) is 0.588. The number of benzene rings is 1. The van der Waals surface area contributed by atoms with E-state index >= 15 is 0 Å².